The highest BCUT2D eigenvalue weighted by atomic mass is 127. The molecule has 7 heteroatoms. The molecule has 0 spiro atoms. The summed E-state index contributed by atoms with van der Waals surface area (Å²) >= 11 is 0. The molecule has 0 aromatic carbocycles. The van der Waals surface area contributed by atoms with Crippen molar-refractivity contribution in [3.05, 3.63) is 23.9 Å². The topological polar surface area (TPSA) is 78.4 Å². The van der Waals surface area contributed by atoms with Crippen LogP contribution in [0.4, 0.5) is 5.82 Å². The Morgan fingerprint density at radius 3 is 2.71 bits per heavy atom. The second-order valence-corrected chi connectivity index (χ2v) is 5.94. The van der Waals surface area contributed by atoms with Gasteiger partial charge in [0.05, 0.1) is 0 Å². The summed E-state index contributed by atoms with van der Waals surface area (Å²) in [6, 6.07) is 6.08. The van der Waals surface area contributed by atoms with Crippen LogP contribution in [-0.4, -0.2) is 36.5 Å². The fourth-order valence-corrected chi connectivity index (χ4v) is 2.75. The van der Waals surface area contributed by atoms with Crippen LogP contribution < -0.4 is 16.0 Å². The number of aromatic nitrogens is 1. The molecule has 0 saturated heterocycles. The Bertz CT molecular complexity index is 544. The predicted octanol–water partition coefficient (Wildman–Crippen LogP) is 2.83. The number of aryl methyl sites for hydroxylation is 1. The number of aliphatic imine (C=N–C) groups is 1. The molecule has 1 amide bonds. The lowest BCUT2D eigenvalue weighted by Crippen LogP contribution is -2.44. The first-order valence-corrected chi connectivity index (χ1v) is 8.38. The van der Waals surface area contributed by atoms with Crippen molar-refractivity contribution in [3.63, 3.8) is 0 Å². The maximum Gasteiger partial charge on any atom is 0.227 e. The van der Waals surface area contributed by atoms with Gasteiger partial charge in [0.1, 0.15) is 5.82 Å². The van der Waals surface area contributed by atoms with Gasteiger partial charge in [-0.25, -0.2) is 4.98 Å². The van der Waals surface area contributed by atoms with Crippen molar-refractivity contribution in [1.82, 2.24) is 15.6 Å². The second kappa shape index (κ2) is 11.2. The fourth-order valence-electron chi connectivity index (χ4n) is 2.75. The molecule has 3 N–H and O–H groups in total. The molecule has 1 aliphatic carbocycles. The SMILES string of the molecule is CN=C(NCCC(=O)Nc1cccc(C)n1)NC1CCCCC1.I. The summed E-state index contributed by atoms with van der Waals surface area (Å²) in [5, 5.41) is 9.44. The molecule has 1 fully saturated rings. The van der Waals surface area contributed by atoms with E-state index >= 15 is 0 Å². The summed E-state index contributed by atoms with van der Waals surface area (Å²) in [6.45, 7) is 2.45. The standard InChI is InChI=1S/C17H27N5O.HI/c1-13-7-6-10-15(20-13)22-16(23)11-12-19-17(18-2)21-14-8-4-3-5-9-14;/h6-7,10,14H,3-5,8-9,11-12H2,1-2H3,(H2,18,19,21)(H,20,22,23);1H. The lowest BCUT2D eigenvalue weighted by atomic mass is 9.96. The van der Waals surface area contributed by atoms with Gasteiger partial charge in [-0.05, 0) is 31.9 Å². The number of anilines is 1. The Balaban J connectivity index is 0.00000288. The van der Waals surface area contributed by atoms with Gasteiger partial charge < -0.3 is 16.0 Å². The number of carbonyl (C=O) groups is 1. The van der Waals surface area contributed by atoms with Crippen LogP contribution in [0.2, 0.25) is 0 Å². The Kier molecular flexibility index (Phi) is 9.66. The molecule has 134 valence electrons. The monoisotopic (exact) mass is 445 g/mol. The van der Waals surface area contributed by atoms with Crippen LogP contribution in [0.5, 0.6) is 0 Å². The van der Waals surface area contributed by atoms with E-state index in [2.05, 4.69) is 25.9 Å². The highest BCUT2D eigenvalue weighted by molar-refractivity contribution is 14.0. The van der Waals surface area contributed by atoms with E-state index in [0.29, 0.717) is 24.8 Å². The van der Waals surface area contributed by atoms with E-state index in [1.54, 1.807) is 13.1 Å². The lowest BCUT2D eigenvalue weighted by Gasteiger charge is -2.24. The molecular weight excluding hydrogens is 417 g/mol. The summed E-state index contributed by atoms with van der Waals surface area (Å²) in [6.07, 6.45) is 6.65. The normalized spacial score (nSPS) is 15.3. The second-order valence-electron chi connectivity index (χ2n) is 5.94. The van der Waals surface area contributed by atoms with Crippen molar-refractivity contribution < 1.29 is 4.79 Å². The molecule has 0 radical (unpaired) electrons. The number of pyridine rings is 1. The Morgan fingerprint density at radius 2 is 2.04 bits per heavy atom. The summed E-state index contributed by atoms with van der Waals surface area (Å²) in [4.78, 5) is 20.4. The van der Waals surface area contributed by atoms with Crippen molar-refractivity contribution in [3.8, 4) is 0 Å². The van der Waals surface area contributed by atoms with E-state index in [1.807, 2.05) is 19.1 Å². The molecule has 1 heterocycles. The summed E-state index contributed by atoms with van der Waals surface area (Å²) in [5.74, 6) is 1.32. The van der Waals surface area contributed by atoms with Gasteiger partial charge in [-0.3, -0.25) is 9.79 Å². The van der Waals surface area contributed by atoms with Crippen LogP contribution in [0, 0.1) is 6.92 Å². The zero-order valence-corrected chi connectivity index (χ0v) is 16.8. The zero-order valence-electron chi connectivity index (χ0n) is 14.5. The lowest BCUT2D eigenvalue weighted by molar-refractivity contribution is -0.116. The molecule has 24 heavy (non-hydrogen) atoms. The van der Waals surface area contributed by atoms with Crippen LogP contribution in [0.15, 0.2) is 23.2 Å². The number of amides is 1. The number of nitrogens with zero attached hydrogens (tertiary/aromatic N) is 2. The number of hydrogen-bond donors (Lipinski definition) is 3. The van der Waals surface area contributed by atoms with E-state index < -0.39 is 0 Å². The van der Waals surface area contributed by atoms with Crippen LogP contribution in [0.3, 0.4) is 0 Å². The Hall–Kier alpha value is -1.38. The fraction of sp³-hybridized carbons (Fsp3) is 0.588. The number of rotatable bonds is 5. The average Bonchev–Trinajstić information content (AvgIpc) is 2.55. The maximum absolute atomic E-state index is 11.9. The number of nitrogens with one attached hydrogen (secondary N) is 3. The van der Waals surface area contributed by atoms with Gasteiger partial charge in [0, 0.05) is 31.7 Å². The zero-order chi connectivity index (χ0) is 16.5. The molecule has 0 bridgehead atoms. The van der Waals surface area contributed by atoms with Gasteiger partial charge >= 0.3 is 0 Å². The van der Waals surface area contributed by atoms with Gasteiger partial charge in [0.2, 0.25) is 5.91 Å². The van der Waals surface area contributed by atoms with Gasteiger partial charge in [0.15, 0.2) is 5.96 Å². The molecule has 6 nitrogen and oxygen atoms in total. The molecule has 1 aromatic rings. The van der Waals surface area contributed by atoms with Crippen molar-refractivity contribution in [2.75, 3.05) is 18.9 Å². The van der Waals surface area contributed by atoms with Crippen molar-refractivity contribution in [2.24, 2.45) is 4.99 Å². The van der Waals surface area contributed by atoms with E-state index in [4.69, 9.17) is 0 Å². The quantitative estimate of drug-likeness (QED) is 0.370. The Labute approximate surface area is 161 Å². The average molecular weight is 445 g/mol. The van der Waals surface area contributed by atoms with E-state index in [0.717, 1.165) is 11.7 Å². The van der Waals surface area contributed by atoms with E-state index in [-0.39, 0.29) is 29.9 Å². The van der Waals surface area contributed by atoms with Gasteiger partial charge in [0.25, 0.3) is 0 Å². The Morgan fingerprint density at radius 1 is 1.29 bits per heavy atom. The minimum atomic E-state index is -0.0521. The smallest absolute Gasteiger partial charge is 0.227 e. The number of halogens is 1. The number of hydrogen-bond acceptors (Lipinski definition) is 3. The number of carbonyl (C=O) groups excluding carboxylic acids is 1. The molecule has 2 rings (SSSR count). The van der Waals surface area contributed by atoms with Crippen molar-refractivity contribution >= 4 is 41.7 Å². The molecule has 1 aliphatic rings. The molecular formula is C17H28IN5O. The van der Waals surface area contributed by atoms with Gasteiger partial charge in [-0.1, -0.05) is 25.3 Å². The highest BCUT2D eigenvalue weighted by Gasteiger charge is 2.14. The molecule has 1 aromatic heterocycles. The third kappa shape index (κ3) is 7.46. The minimum absolute atomic E-state index is 0. The van der Waals surface area contributed by atoms with E-state index in [9.17, 15) is 4.79 Å². The third-order valence-corrected chi connectivity index (χ3v) is 3.97. The minimum Gasteiger partial charge on any atom is -0.356 e. The number of guanidine groups is 1. The first kappa shape index (κ1) is 20.7. The van der Waals surface area contributed by atoms with Crippen molar-refractivity contribution in [2.45, 2.75) is 51.5 Å². The molecule has 0 atom stereocenters. The summed E-state index contributed by atoms with van der Waals surface area (Å²) in [7, 11) is 1.76. The van der Waals surface area contributed by atoms with Crippen LogP contribution in [0.1, 0.15) is 44.2 Å². The first-order valence-electron chi connectivity index (χ1n) is 8.38. The van der Waals surface area contributed by atoms with E-state index in [1.165, 1.54) is 32.1 Å². The summed E-state index contributed by atoms with van der Waals surface area (Å²) in [5.41, 5.74) is 0.887. The molecule has 0 unspecified atom stereocenters. The largest absolute Gasteiger partial charge is 0.356 e. The maximum atomic E-state index is 11.9. The molecule has 0 aliphatic heterocycles. The third-order valence-electron chi connectivity index (χ3n) is 3.97. The van der Waals surface area contributed by atoms with Crippen LogP contribution in [0.25, 0.3) is 0 Å². The highest BCUT2D eigenvalue weighted by Crippen LogP contribution is 2.17. The van der Waals surface area contributed by atoms with Crippen LogP contribution in [-0.2, 0) is 4.79 Å². The van der Waals surface area contributed by atoms with Crippen molar-refractivity contribution in [1.29, 1.82) is 0 Å². The van der Waals surface area contributed by atoms with Gasteiger partial charge in [-0.15, -0.1) is 24.0 Å². The predicted molar refractivity (Wildman–Crippen MR) is 109 cm³/mol. The van der Waals surface area contributed by atoms with Crippen LogP contribution >= 0.6 is 24.0 Å². The summed E-state index contributed by atoms with van der Waals surface area (Å²) < 4.78 is 0. The molecule has 1 saturated carbocycles. The van der Waals surface area contributed by atoms with Gasteiger partial charge in [-0.2, -0.15) is 0 Å². The first-order chi connectivity index (χ1) is 11.2.